The molecule has 0 bridgehead atoms. The molecule has 1 aromatic rings. The molecule has 5 heteroatoms. The van der Waals surface area contributed by atoms with E-state index in [1.165, 1.54) is 5.06 Å². The number of hydroxylamine groups is 1. The number of para-hydroxylation sites is 1. The van der Waals surface area contributed by atoms with Crippen LogP contribution in [0.5, 0.6) is 0 Å². The lowest BCUT2D eigenvalue weighted by Gasteiger charge is -2.24. The van der Waals surface area contributed by atoms with Crippen LogP contribution in [0, 0.1) is 13.8 Å². The molecule has 0 aliphatic rings. The van der Waals surface area contributed by atoms with Gasteiger partial charge < -0.3 is 4.74 Å². The number of rotatable bonds is 6. The number of benzene rings is 1. The second-order valence-corrected chi connectivity index (χ2v) is 4.16. The molecule has 0 atom stereocenters. The van der Waals surface area contributed by atoms with Gasteiger partial charge >= 0.3 is 0 Å². The van der Waals surface area contributed by atoms with Crippen LogP contribution in [-0.2, 0) is 14.4 Å². The van der Waals surface area contributed by atoms with Gasteiger partial charge in [-0.3, -0.25) is 9.63 Å². The smallest absolute Gasteiger partial charge is 0.265 e. The van der Waals surface area contributed by atoms with Gasteiger partial charge in [0.05, 0.1) is 18.9 Å². The molecule has 0 aliphatic carbocycles. The first-order valence-electron chi connectivity index (χ1n) is 5.68. The van der Waals surface area contributed by atoms with Gasteiger partial charge in [-0.25, -0.2) is 0 Å². The molecular weight excluding hydrogens is 254 g/mol. The van der Waals surface area contributed by atoms with Crippen molar-refractivity contribution in [3.63, 3.8) is 0 Å². The third-order valence-electron chi connectivity index (χ3n) is 2.49. The van der Waals surface area contributed by atoms with Crippen LogP contribution in [0.3, 0.4) is 0 Å². The number of alkyl halides is 1. The summed E-state index contributed by atoms with van der Waals surface area (Å²) in [5.41, 5.74) is 2.68. The normalized spacial score (nSPS) is 10.4. The van der Waals surface area contributed by atoms with Crippen molar-refractivity contribution in [1.29, 1.82) is 0 Å². The zero-order chi connectivity index (χ0) is 13.5. The van der Waals surface area contributed by atoms with Crippen molar-refractivity contribution in [1.82, 2.24) is 0 Å². The second kappa shape index (κ2) is 7.36. The lowest BCUT2D eigenvalue weighted by atomic mass is 10.1. The van der Waals surface area contributed by atoms with E-state index in [-0.39, 0.29) is 11.8 Å². The minimum atomic E-state index is -0.287. The summed E-state index contributed by atoms with van der Waals surface area (Å²) in [6.07, 6.45) is 0. The van der Waals surface area contributed by atoms with Crippen molar-refractivity contribution in [2.75, 3.05) is 31.3 Å². The molecule has 4 nitrogen and oxygen atoms in total. The van der Waals surface area contributed by atoms with Gasteiger partial charge in [0.1, 0.15) is 5.88 Å². The number of carbonyl (C=O) groups excluding carboxylic acids is 1. The lowest BCUT2D eigenvalue weighted by molar-refractivity contribution is -0.124. The molecule has 0 N–H and O–H groups in total. The van der Waals surface area contributed by atoms with Gasteiger partial charge in [0.15, 0.2) is 0 Å². The molecule has 1 rings (SSSR count). The minimum Gasteiger partial charge on any atom is -0.382 e. The van der Waals surface area contributed by atoms with Crippen LogP contribution in [0.1, 0.15) is 11.1 Å². The molecule has 0 saturated heterocycles. The molecule has 0 aromatic heterocycles. The van der Waals surface area contributed by atoms with Crippen LogP contribution in [0.25, 0.3) is 0 Å². The van der Waals surface area contributed by atoms with Crippen LogP contribution < -0.4 is 5.06 Å². The fraction of sp³-hybridized carbons (Fsp3) is 0.462. The summed E-state index contributed by atoms with van der Waals surface area (Å²) in [5.74, 6) is -0.411. The number of anilines is 1. The van der Waals surface area contributed by atoms with Gasteiger partial charge in [0.2, 0.25) is 0 Å². The van der Waals surface area contributed by atoms with Crippen LogP contribution in [0.4, 0.5) is 5.69 Å². The van der Waals surface area contributed by atoms with Crippen LogP contribution in [-0.4, -0.2) is 32.1 Å². The monoisotopic (exact) mass is 271 g/mol. The highest BCUT2D eigenvalue weighted by Crippen LogP contribution is 2.25. The average molecular weight is 272 g/mol. The molecule has 0 aliphatic heterocycles. The zero-order valence-electron chi connectivity index (χ0n) is 10.9. The number of nitrogens with zero attached hydrogens (tertiary/aromatic N) is 1. The van der Waals surface area contributed by atoms with E-state index < -0.39 is 0 Å². The van der Waals surface area contributed by atoms with Gasteiger partial charge in [-0.15, -0.1) is 11.6 Å². The SMILES string of the molecule is COCCON(C(=O)CCl)c1c(C)cccc1C. The van der Waals surface area contributed by atoms with Crippen molar-refractivity contribution in [3.05, 3.63) is 29.3 Å². The summed E-state index contributed by atoms with van der Waals surface area (Å²) in [6, 6.07) is 5.79. The van der Waals surface area contributed by atoms with Crippen molar-refractivity contribution < 1.29 is 14.4 Å². The summed E-state index contributed by atoms with van der Waals surface area (Å²) in [5, 5.41) is 1.26. The lowest BCUT2D eigenvalue weighted by Crippen LogP contribution is -2.34. The summed E-state index contributed by atoms with van der Waals surface area (Å²) in [7, 11) is 1.58. The Labute approximate surface area is 112 Å². The highest BCUT2D eigenvalue weighted by Gasteiger charge is 2.19. The Morgan fingerprint density at radius 1 is 1.28 bits per heavy atom. The number of carbonyl (C=O) groups is 1. The Morgan fingerprint density at radius 2 is 1.89 bits per heavy atom. The van der Waals surface area contributed by atoms with E-state index in [0.29, 0.717) is 13.2 Å². The molecule has 1 aromatic carbocycles. The van der Waals surface area contributed by atoms with Gasteiger partial charge in [0, 0.05) is 7.11 Å². The molecule has 1 amide bonds. The number of hydrogen-bond acceptors (Lipinski definition) is 3. The van der Waals surface area contributed by atoms with Crippen molar-refractivity contribution in [3.8, 4) is 0 Å². The molecule has 0 fully saturated rings. The largest absolute Gasteiger partial charge is 0.382 e. The minimum absolute atomic E-state index is 0.124. The molecule has 0 spiro atoms. The molecule has 0 saturated carbocycles. The average Bonchev–Trinajstić information content (AvgIpc) is 2.36. The van der Waals surface area contributed by atoms with E-state index in [2.05, 4.69) is 0 Å². The third kappa shape index (κ3) is 3.70. The first-order valence-corrected chi connectivity index (χ1v) is 6.22. The molecule has 0 heterocycles. The van der Waals surface area contributed by atoms with Crippen LogP contribution in [0.2, 0.25) is 0 Å². The fourth-order valence-electron chi connectivity index (χ4n) is 1.65. The Bertz CT molecular complexity index is 389. The zero-order valence-corrected chi connectivity index (χ0v) is 11.7. The van der Waals surface area contributed by atoms with E-state index in [4.69, 9.17) is 21.2 Å². The van der Waals surface area contributed by atoms with Crippen molar-refractivity contribution in [2.24, 2.45) is 0 Å². The van der Waals surface area contributed by atoms with E-state index in [1.54, 1.807) is 7.11 Å². The number of aryl methyl sites for hydroxylation is 2. The maximum absolute atomic E-state index is 11.8. The fourth-order valence-corrected chi connectivity index (χ4v) is 1.76. The van der Waals surface area contributed by atoms with E-state index in [1.807, 2.05) is 32.0 Å². The van der Waals surface area contributed by atoms with Gasteiger partial charge in [-0.1, -0.05) is 18.2 Å². The number of ether oxygens (including phenoxy) is 1. The van der Waals surface area contributed by atoms with Crippen LogP contribution >= 0.6 is 11.6 Å². The third-order valence-corrected chi connectivity index (χ3v) is 2.72. The predicted octanol–water partition coefficient (Wildman–Crippen LogP) is 2.45. The quantitative estimate of drug-likeness (QED) is 0.453. The van der Waals surface area contributed by atoms with Gasteiger partial charge in [-0.2, -0.15) is 5.06 Å². The molecule has 18 heavy (non-hydrogen) atoms. The highest BCUT2D eigenvalue weighted by atomic mass is 35.5. The number of halogens is 1. The Morgan fingerprint density at radius 3 is 2.39 bits per heavy atom. The summed E-state index contributed by atoms with van der Waals surface area (Å²) in [6.45, 7) is 4.57. The highest BCUT2D eigenvalue weighted by molar-refractivity contribution is 6.29. The molecular formula is C13H18ClNO3. The number of hydrogen-bond donors (Lipinski definition) is 0. The number of amides is 1. The summed E-state index contributed by atoms with van der Waals surface area (Å²) >= 11 is 5.61. The molecule has 0 unspecified atom stereocenters. The first-order chi connectivity index (χ1) is 8.61. The summed E-state index contributed by atoms with van der Waals surface area (Å²) < 4.78 is 4.91. The maximum atomic E-state index is 11.8. The number of methoxy groups -OCH3 is 1. The standard InChI is InChI=1S/C13H18ClNO3/c1-10-5-4-6-11(2)13(10)15(12(16)9-14)18-8-7-17-3/h4-6H,7-9H2,1-3H3. The Balaban J connectivity index is 2.98. The summed E-state index contributed by atoms with van der Waals surface area (Å²) in [4.78, 5) is 17.3. The predicted molar refractivity (Wildman–Crippen MR) is 72.0 cm³/mol. The van der Waals surface area contributed by atoms with E-state index in [0.717, 1.165) is 16.8 Å². The Hall–Kier alpha value is -1.10. The Kier molecular flexibility index (Phi) is 6.12. The van der Waals surface area contributed by atoms with Gasteiger partial charge in [-0.05, 0) is 25.0 Å². The van der Waals surface area contributed by atoms with Crippen molar-refractivity contribution >= 4 is 23.2 Å². The molecule has 0 radical (unpaired) electrons. The van der Waals surface area contributed by atoms with Crippen LogP contribution in [0.15, 0.2) is 18.2 Å². The molecule has 100 valence electrons. The second-order valence-electron chi connectivity index (χ2n) is 3.89. The van der Waals surface area contributed by atoms with Gasteiger partial charge in [0.25, 0.3) is 5.91 Å². The van der Waals surface area contributed by atoms with Crippen molar-refractivity contribution in [2.45, 2.75) is 13.8 Å². The topological polar surface area (TPSA) is 38.8 Å². The van der Waals surface area contributed by atoms with E-state index >= 15 is 0 Å². The first kappa shape index (κ1) is 15.0. The van der Waals surface area contributed by atoms with E-state index in [9.17, 15) is 4.79 Å². The maximum Gasteiger partial charge on any atom is 0.265 e.